The van der Waals surface area contributed by atoms with Crippen LogP contribution in [0.4, 0.5) is 5.13 Å². The summed E-state index contributed by atoms with van der Waals surface area (Å²) < 4.78 is 5.14. The van der Waals surface area contributed by atoms with Crippen molar-refractivity contribution in [1.29, 1.82) is 0 Å². The average Bonchev–Trinajstić information content (AvgIpc) is 2.85. The summed E-state index contributed by atoms with van der Waals surface area (Å²) >= 11 is 1.46. The van der Waals surface area contributed by atoms with Gasteiger partial charge in [0.25, 0.3) is 0 Å². The maximum Gasteiger partial charge on any atom is 0.185 e. The number of hydrogen-bond acceptors (Lipinski definition) is 5. The predicted molar refractivity (Wildman–Crippen MR) is 59.7 cm³/mol. The fourth-order valence-corrected chi connectivity index (χ4v) is 2.62. The van der Waals surface area contributed by atoms with Crippen LogP contribution >= 0.6 is 11.3 Å². The minimum Gasteiger partial charge on any atom is -0.384 e. The molecule has 5 heteroatoms. The second-order valence-electron chi connectivity index (χ2n) is 3.72. The number of methoxy groups -OCH3 is 1. The Balaban J connectivity index is 1.98. The van der Waals surface area contributed by atoms with Crippen molar-refractivity contribution in [2.75, 3.05) is 31.7 Å². The molecule has 0 spiro atoms. The van der Waals surface area contributed by atoms with E-state index in [1.165, 1.54) is 11.3 Å². The zero-order valence-corrected chi connectivity index (χ0v) is 9.50. The summed E-state index contributed by atoms with van der Waals surface area (Å²) in [5, 5.41) is 0.954. The number of carbonyl (C=O) groups is 1. The third kappa shape index (κ3) is 2.35. The maximum atomic E-state index is 10.5. The van der Waals surface area contributed by atoms with Gasteiger partial charge in [-0.15, -0.1) is 0 Å². The molecule has 1 fully saturated rings. The van der Waals surface area contributed by atoms with Gasteiger partial charge in [-0.1, -0.05) is 11.3 Å². The fraction of sp³-hybridized carbons (Fsp3) is 0.600. The normalized spacial score (nSPS) is 20.9. The largest absolute Gasteiger partial charge is 0.384 e. The first kappa shape index (κ1) is 10.6. The van der Waals surface area contributed by atoms with Gasteiger partial charge in [0, 0.05) is 26.1 Å². The van der Waals surface area contributed by atoms with Gasteiger partial charge in [0.1, 0.15) is 0 Å². The molecule has 1 saturated heterocycles. The molecule has 0 aliphatic carbocycles. The summed E-state index contributed by atoms with van der Waals surface area (Å²) in [6.45, 7) is 2.81. The Morgan fingerprint density at radius 1 is 1.80 bits per heavy atom. The Bertz CT molecular complexity index is 340. The van der Waals surface area contributed by atoms with Gasteiger partial charge in [-0.3, -0.25) is 4.79 Å². The molecular formula is C10H14N2O2S. The van der Waals surface area contributed by atoms with E-state index in [9.17, 15) is 4.79 Å². The van der Waals surface area contributed by atoms with Crippen molar-refractivity contribution in [1.82, 2.24) is 4.98 Å². The highest BCUT2D eigenvalue weighted by Crippen LogP contribution is 2.27. The first-order valence-corrected chi connectivity index (χ1v) is 5.80. The molecule has 2 rings (SSSR count). The summed E-state index contributed by atoms with van der Waals surface area (Å²) in [7, 11) is 1.73. The van der Waals surface area contributed by atoms with Crippen LogP contribution < -0.4 is 4.90 Å². The van der Waals surface area contributed by atoms with Crippen molar-refractivity contribution in [3.63, 3.8) is 0 Å². The van der Waals surface area contributed by atoms with Crippen LogP contribution in [0.15, 0.2) is 6.20 Å². The summed E-state index contributed by atoms with van der Waals surface area (Å²) in [4.78, 5) is 17.7. The number of anilines is 1. The van der Waals surface area contributed by atoms with Crippen molar-refractivity contribution in [3.05, 3.63) is 11.1 Å². The standard InChI is InChI=1S/C10H14N2O2S/c1-14-7-8-2-3-12(5-8)10-11-4-9(6-13)15-10/h4,6,8H,2-3,5,7H2,1H3. The molecule has 0 radical (unpaired) electrons. The molecule has 0 saturated carbocycles. The van der Waals surface area contributed by atoms with Crippen LogP contribution in [0.25, 0.3) is 0 Å². The van der Waals surface area contributed by atoms with E-state index in [-0.39, 0.29) is 0 Å². The van der Waals surface area contributed by atoms with E-state index in [1.54, 1.807) is 13.3 Å². The van der Waals surface area contributed by atoms with Gasteiger partial charge in [-0.25, -0.2) is 4.98 Å². The summed E-state index contributed by atoms with van der Waals surface area (Å²) in [6, 6.07) is 0. The highest BCUT2D eigenvalue weighted by molar-refractivity contribution is 7.17. The molecular weight excluding hydrogens is 212 g/mol. The second kappa shape index (κ2) is 4.72. The van der Waals surface area contributed by atoms with E-state index >= 15 is 0 Å². The van der Waals surface area contributed by atoms with Crippen LogP contribution in [0, 0.1) is 5.92 Å². The molecule has 0 aromatic carbocycles. The van der Waals surface area contributed by atoms with Gasteiger partial charge >= 0.3 is 0 Å². The van der Waals surface area contributed by atoms with E-state index in [0.29, 0.717) is 10.8 Å². The Kier molecular flexibility index (Phi) is 3.33. The Labute approximate surface area is 92.9 Å². The van der Waals surface area contributed by atoms with Crippen LogP contribution in [0.3, 0.4) is 0 Å². The van der Waals surface area contributed by atoms with Gasteiger partial charge < -0.3 is 9.64 Å². The molecule has 1 aliphatic rings. The number of hydrogen-bond donors (Lipinski definition) is 0. The maximum absolute atomic E-state index is 10.5. The van der Waals surface area contributed by atoms with Crippen LogP contribution in [-0.2, 0) is 4.74 Å². The van der Waals surface area contributed by atoms with Gasteiger partial charge in [-0.2, -0.15) is 0 Å². The minimum absolute atomic E-state index is 0.596. The van der Waals surface area contributed by atoms with E-state index < -0.39 is 0 Å². The van der Waals surface area contributed by atoms with Crippen LogP contribution in [-0.4, -0.2) is 38.1 Å². The number of aldehydes is 1. The summed E-state index contributed by atoms with van der Waals surface area (Å²) in [5.41, 5.74) is 0. The van der Waals surface area contributed by atoms with Crippen molar-refractivity contribution in [2.24, 2.45) is 5.92 Å². The Morgan fingerprint density at radius 2 is 2.67 bits per heavy atom. The van der Waals surface area contributed by atoms with E-state index in [1.807, 2.05) is 0 Å². The van der Waals surface area contributed by atoms with Crippen molar-refractivity contribution in [2.45, 2.75) is 6.42 Å². The first-order valence-electron chi connectivity index (χ1n) is 4.98. The lowest BCUT2D eigenvalue weighted by molar-refractivity contribution is 0.112. The van der Waals surface area contributed by atoms with E-state index in [2.05, 4.69) is 9.88 Å². The fourth-order valence-electron chi connectivity index (χ4n) is 1.86. The highest BCUT2D eigenvalue weighted by Gasteiger charge is 2.24. The number of aromatic nitrogens is 1. The van der Waals surface area contributed by atoms with Gasteiger partial charge in [0.2, 0.25) is 0 Å². The number of nitrogens with zero attached hydrogens (tertiary/aromatic N) is 2. The third-order valence-electron chi connectivity index (χ3n) is 2.59. The lowest BCUT2D eigenvalue weighted by atomic mass is 10.1. The Morgan fingerprint density at radius 3 is 3.33 bits per heavy atom. The Hall–Kier alpha value is -0.940. The molecule has 0 bridgehead atoms. The number of ether oxygens (including phenoxy) is 1. The van der Waals surface area contributed by atoms with Crippen LogP contribution in [0.5, 0.6) is 0 Å². The SMILES string of the molecule is COCC1CCN(c2ncc(C=O)s2)C1. The minimum atomic E-state index is 0.596. The number of carbonyl (C=O) groups excluding carboxylic acids is 1. The molecule has 4 nitrogen and oxygen atoms in total. The number of rotatable bonds is 4. The van der Waals surface area contributed by atoms with Crippen LogP contribution in [0.2, 0.25) is 0 Å². The molecule has 0 N–H and O–H groups in total. The summed E-state index contributed by atoms with van der Waals surface area (Å²) in [6.07, 6.45) is 3.63. The van der Waals surface area contributed by atoms with E-state index in [0.717, 1.165) is 37.5 Å². The molecule has 0 amide bonds. The molecule has 1 aliphatic heterocycles. The quantitative estimate of drug-likeness (QED) is 0.728. The lowest BCUT2D eigenvalue weighted by Crippen LogP contribution is -2.20. The number of thiazole rings is 1. The third-order valence-corrected chi connectivity index (χ3v) is 3.57. The smallest absolute Gasteiger partial charge is 0.185 e. The van der Waals surface area contributed by atoms with Crippen molar-refractivity contribution >= 4 is 22.8 Å². The van der Waals surface area contributed by atoms with Gasteiger partial charge in [0.15, 0.2) is 11.4 Å². The topological polar surface area (TPSA) is 42.4 Å². The molecule has 1 unspecified atom stereocenters. The zero-order chi connectivity index (χ0) is 10.7. The van der Waals surface area contributed by atoms with Crippen LogP contribution in [0.1, 0.15) is 16.1 Å². The highest BCUT2D eigenvalue weighted by atomic mass is 32.1. The zero-order valence-electron chi connectivity index (χ0n) is 8.68. The molecule has 1 atom stereocenters. The molecule has 1 aromatic heterocycles. The molecule has 1 aromatic rings. The first-order chi connectivity index (χ1) is 7.33. The van der Waals surface area contributed by atoms with Crippen molar-refractivity contribution < 1.29 is 9.53 Å². The van der Waals surface area contributed by atoms with Gasteiger partial charge in [-0.05, 0) is 6.42 Å². The predicted octanol–water partition coefficient (Wildman–Crippen LogP) is 1.43. The van der Waals surface area contributed by atoms with E-state index in [4.69, 9.17) is 4.74 Å². The molecule has 2 heterocycles. The average molecular weight is 226 g/mol. The summed E-state index contributed by atoms with van der Waals surface area (Å²) in [5.74, 6) is 0.596. The lowest BCUT2D eigenvalue weighted by Gasteiger charge is -2.14. The monoisotopic (exact) mass is 226 g/mol. The van der Waals surface area contributed by atoms with Crippen molar-refractivity contribution in [3.8, 4) is 0 Å². The van der Waals surface area contributed by atoms with Gasteiger partial charge in [0.05, 0.1) is 17.7 Å². The molecule has 15 heavy (non-hydrogen) atoms. The molecule has 82 valence electrons. The second-order valence-corrected chi connectivity index (χ2v) is 4.76.